The van der Waals surface area contributed by atoms with E-state index in [1.54, 1.807) is 7.11 Å². The van der Waals surface area contributed by atoms with E-state index in [9.17, 15) is 0 Å². The van der Waals surface area contributed by atoms with Crippen LogP contribution < -0.4 is 14.8 Å². The molecule has 3 nitrogen and oxygen atoms in total. The molecule has 0 radical (unpaired) electrons. The molecule has 4 fully saturated rings. The van der Waals surface area contributed by atoms with Gasteiger partial charge in [-0.25, -0.2) is 0 Å². The molecule has 0 aliphatic heterocycles. The van der Waals surface area contributed by atoms with Crippen LogP contribution in [-0.2, 0) is 13.2 Å². The van der Waals surface area contributed by atoms with E-state index in [1.807, 2.05) is 6.07 Å². The third-order valence-electron chi connectivity index (χ3n) is 8.06. The van der Waals surface area contributed by atoms with Gasteiger partial charge in [-0.05, 0) is 73.8 Å². The molecular formula is C28H37NO2. The number of nitrogens with one attached hydrogen (secondary N) is 1. The van der Waals surface area contributed by atoms with Crippen molar-refractivity contribution in [3.8, 4) is 11.5 Å². The highest BCUT2D eigenvalue weighted by Gasteiger charge is 2.59. The third-order valence-corrected chi connectivity index (χ3v) is 8.06. The maximum Gasteiger partial charge on any atom is 0.166 e. The van der Waals surface area contributed by atoms with Gasteiger partial charge in [-0.15, -0.1) is 0 Å². The summed E-state index contributed by atoms with van der Waals surface area (Å²) in [5.41, 5.74) is 4.94. The first kappa shape index (κ1) is 20.9. The van der Waals surface area contributed by atoms with Crippen molar-refractivity contribution in [2.75, 3.05) is 7.11 Å². The van der Waals surface area contributed by atoms with Crippen molar-refractivity contribution in [1.82, 2.24) is 5.32 Å². The highest BCUT2D eigenvalue weighted by molar-refractivity contribution is 5.47. The molecular weight excluding hydrogens is 382 g/mol. The number of methoxy groups -OCH3 is 1. The van der Waals surface area contributed by atoms with Crippen LogP contribution in [0.25, 0.3) is 0 Å². The van der Waals surface area contributed by atoms with Crippen LogP contribution in [0.2, 0.25) is 0 Å². The second-order valence-corrected chi connectivity index (χ2v) is 11.5. The predicted molar refractivity (Wildman–Crippen MR) is 125 cm³/mol. The number of rotatable bonds is 7. The molecule has 6 rings (SSSR count). The van der Waals surface area contributed by atoms with E-state index in [4.69, 9.17) is 9.47 Å². The van der Waals surface area contributed by atoms with Crippen molar-refractivity contribution in [1.29, 1.82) is 0 Å². The average molecular weight is 420 g/mol. The Hall–Kier alpha value is -2.00. The van der Waals surface area contributed by atoms with Gasteiger partial charge in [0.2, 0.25) is 0 Å². The zero-order chi connectivity index (χ0) is 21.7. The van der Waals surface area contributed by atoms with Crippen LogP contribution in [0.3, 0.4) is 0 Å². The molecule has 4 saturated carbocycles. The van der Waals surface area contributed by atoms with Crippen molar-refractivity contribution >= 4 is 0 Å². The van der Waals surface area contributed by atoms with Crippen LogP contribution in [0.5, 0.6) is 11.5 Å². The summed E-state index contributed by atoms with van der Waals surface area (Å²) in [5.74, 6) is 2.58. The zero-order valence-electron chi connectivity index (χ0n) is 19.6. The Morgan fingerprint density at radius 1 is 0.935 bits per heavy atom. The average Bonchev–Trinajstić information content (AvgIpc) is 2.69. The summed E-state index contributed by atoms with van der Waals surface area (Å²) >= 11 is 0. The Kier molecular flexibility index (Phi) is 5.08. The second kappa shape index (κ2) is 7.55. The van der Waals surface area contributed by atoms with E-state index >= 15 is 0 Å². The number of ether oxygens (including phenoxy) is 2. The quantitative estimate of drug-likeness (QED) is 0.561. The van der Waals surface area contributed by atoms with Gasteiger partial charge in [0.05, 0.1) is 7.11 Å². The molecule has 0 amide bonds. The SMILES string of the molecule is COc1cccc(CNC23CC4C[C@@](C)(C2)C[C@](C)(C4)C3)c1OCc1ccc(C)cc1. The van der Waals surface area contributed by atoms with Crippen LogP contribution in [0.15, 0.2) is 42.5 Å². The van der Waals surface area contributed by atoms with Gasteiger partial charge in [0.15, 0.2) is 11.5 Å². The Balaban J connectivity index is 1.34. The largest absolute Gasteiger partial charge is 0.493 e. The first-order chi connectivity index (χ1) is 14.8. The minimum Gasteiger partial charge on any atom is -0.493 e. The minimum absolute atomic E-state index is 0.278. The monoisotopic (exact) mass is 419 g/mol. The van der Waals surface area contributed by atoms with Crippen molar-refractivity contribution in [2.24, 2.45) is 16.7 Å². The molecule has 0 aromatic heterocycles. The molecule has 4 atom stereocenters. The molecule has 0 spiro atoms. The summed E-state index contributed by atoms with van der Waals surface area (Å²) in [4.78, 5) is 0. The zero-order valence-corrected chi connectivity index (χ0v) is 19.6. The van der Waals surface area contributed by atoms with Gasteiger partial charge in [0, 0.05) is 17.6 Å². The lowest BCUT2D eigenvalue weighted by molar-refractivity contribution is -0.118. The Morgan fingerprint density at radius 3 is 2.29 bits per heavy atom. The first-order valence-electron chi connectivity index (χ1n) is 11.9. The highest BCUT2D eigenvalue weighted by Crippen LogP contribution is 2.66. The molecule has 166 valence electrons. The van der Waals surface area contributed by atoms with Crippen molar-refractivity contribution in [3.63, 3.8) is 0 Å². The Morgan fingerprint density at radius 2 is 1.65 bits per heavy atom. The smallest absolute Gasteiger partial charge is 0.166 e. The van der Waals surface area contributed by atoms with Crippen molar-refractivity contribution in [3.05, 3.63) is 59.2 Å². The van der Waals surface area contributed by atoms with E-state index < -0.39 is 0 Å². The Bertz CT molecular complexity index is 932. The maximum atomic E-state index is 6.33. The summed E-state index contributed by atoms with van der Waals surface area (Å²) < 4.78 is 12.0. The highest BCUT2D eigenvalue weighted by atomic mass is 16.5. The van der Waals surface area contributed by atoms with E-state index in [2.05, 4.69) is 62.5 Å². The lowest BCUT2D eigenvalue weighted by Crippen LogP contribution is -2.63. The maximum absolute atomic E-state index is 6.33. The van der Waals surface area contributed by atoms with Gasteiger partial charge in [-0.3, -0.25) is 0 Å². The Labute approximate surface area is 187 Å². The van der Waals surface area contributed by atoms with Gasteiger partial charge in [-0.2, -0.15) is 0 Å². The fourth-order valence-corrected chi connectivity index (χ4v) is 7.79. The standard InChI is InChI=1S/C28H37NO2/c1-20-8-10-21(11-9-20)16-31-25-23(6-5-7-24(25)30-4)15-29-28-14-22-12-26(2,18-28)17-27(3,13-22)19-28/h5-11,22,29H,12-19H2,1-4H3/t22?,26-,27+,28?. The fourth-order valence-electron chi connectivity index (χ4n) is 7.79. The number of para-hydroxylation sites is 1. The van der Waals surface area contributed by atoms with Crippen LogP contribution >= 0.6 is 0 Å². The molecule has 0 heterocycles. The first-order valence-corrected chi connectivity index (χ1v) is 11.9. The summed E-state index contributed by atoms with van der Waals surface area (Å²) in [5, 5.41) is 4.06. The van der Waals surface area contributed by atoms with Gasteiger partial charge >= 0.3 is 0 Å². The molecule has 31 heavy (non-hydrogen) atoms. The summed E-state index contributed by atoms with van der Waals surface area (Å²) in [6.07, 6.45) is 8.23. The van der Waals surface area contributed by atoms with Crippen LogP contribution in [0.1, 0.15) is 69.1 Å². The van der Waals surface area contributed by atoms with Gasteiger partial charge in [0.1, 0.15) is 6.61 Å². The van der Waals surface area contributed by atoms with Gasteiger partial charge < -0.3 is 14.8 Å². The molecule has 4 aliphatic carbocycles. The van der Waals surface area contributed by atoms with Crippen LogP contribution in [0.4, 0.5) is 0 Å². The van der Waals surface area contributed by atoms with Gasteiger partial charge in [-0.1, -0.05) is 55.8 Å². The summed E-state index contributed by atoms with van der Waals surface area (Å²) in [6.45, 7) is 8.57. The third kappa shape index (κ3) is 4.09. The molecule has 3 heteroatoms. The lowest BCUT2D eigenvalue weighted by Gasteiger charge is -2.65. The van der Waals surface area contributed by atoms with Crippen molar-refractivity contribution < 1.29 is 9.47 Å². The molecule has 1 N–H and O–H groups in total. The summed E-state index contributed by atoms with van der Waals surface area (Å²) in [7, 11) is 1.73. The normalized spacial score (nSPS) is 33.5. The lowest BCUT2D eigenvalue weighted by atomic mass is 9.43. The van der Waals surface area contributed by atoms with Gasteiger partial charge in [0.25, 0.3) is 0 Å². The van der Waals surface area contributed by atoms with E-state index in [1.165, 1.54) is 55.2 Å². The number of benzene rings is 2. The second-order valence-electron chi connectivity index (χ2n) is 11.5. The molecule has 4 bridgehead atoms. The van der Waals surface area contributed by atoms with E-state index in [0.29, 0.717) is 17.4 Å². The van der Waals surface area contributed by atoms with E-state index in [-0.39, 0.29) is 5.54 Å². The summed E-state index contributed by atoms with van der Waals surface area (Å²) in [6, 6.07) is 14.8. The number of hydrogen-bond donors (Lipinski definition) is 1. The molecule has 4 aliphatic rings. The minimum atomic E-state index is 0.278. The topological polar surface area (TPSA) is 30.5 Å². The predicted octanol–water partition coefficient (Wildman–Crippen LogP) is 6.42. The molecule has 2 aromatic carbocycles. The molecule has 2 aromatic rings. The van der Waals surface area contributed by atoms with Crippen molar-refractivity contribution in [2.45, 2.75) is 78.0 Å². The molecule has 0 saturated heterocycles. The fraction of sp³-hybridized carbons (Fsp3) is 0.571. The van der Waals surface area contributed by atoms with Crippen LogP contribution in [-0.4, -0.2) is 12.6 Å². The van der Waals surface area contributed by atoms with E-state index in [0.717, 1.165) is 24.0 Å². The number of hydrogen-bond acceptors (Lipinski definition) is 3. The number of aryl methyl sites for hydroxylation is 1. The van der Waals surface area contributed by atoms with Crippen LogP contribution in [0, 0.1) is 23.7 Å². The molecule has 2 unspecified atom stereocenters.